The molecule has 2 rings (SSSR count). The molecule has 1 atom stereocenters. The van der Waals surface area contributed by atoms with Crippen LogP contribution in [0.1, 0.15) is 12.0 Å². The Balaban J connectivity index is 2.52. The quantitative estimate of drug-likeness (QED) is 0.350. The van der Waals surface area contributed by atoms with Crippen molar-refractivity contribution in [1.29, 1.82) is 0 Å². The molecule has 7 nitrogen and oxygen atoms in total. The zero-order chi connectivity index (χ0) is 14.9. The molecular weight excluding hydrogens is 399 g/mol. The standard InChI is InChI=1S/C11H13IN2O5S/c12-2-1-7-3-9-10(14(15)16)4-8(20(13,17)18)5-11(9)19-6-7/h4-5,7H,1-3,6H2,(H2,13,17,18)/t7-/m1/s1. The largest absolute Gasteiger partial charge is 0.493 e. The maximum absolute atomic E-state index is 11.4. The summed E-state index contributed by atoms with van der Waals surface area (Å²) >= 11 is 2.24. The van der Waals surface area contributed by atoms with Crippen LogP contribution in [0.5, 0.6) is 5.75 Å². The Morgan fingerprint density at radius 3 is 2.75 bits per heavy atom. The van der Waals surface area contributed by atoms with Crippen LogP contribution in [-0.2, 0) is 16.4 Å². The summed E-state index contributed by atoms with van der Waals surface area (Å²) in [6, 6.07) is 2.27. The summed E-state index contributed by atoms with van der Waals surface area (Å²) in [6.45, 7) is 0.432. The third kappa shape index (κ3) is 3.20. The molecule has 0 radical (unpaired) electrons. The fourth-order valence-electron chi connectivity index (χ4n) is 2.16. The molecule has 1 aromatic carbocycles. The lowest BCUT2D eigenvalue weighted by atomic mass is 9.93. The van der Waals surface area contributed by atoms with E-state index in [1.54, 1.807) is 0 Å². The lowest BCUT2D eigenvalue weighted by Gasteiger charge is -2.24. The van der Waals surface area contributed by atoms with Crippen molar-refractivity contribution in [2.24, 2.45) is 11.1 Å². The number of halogens is 1. The first-order chi connectivity index (χ1) is 9.32. The third-order valence-electron chi connectivity index (χ3n) is 3.17. The van der Waals surface area contributed by atoms with Crippen molar-refractivity contribution in [1.82, 2.24) is 0 Å². The summed E-state index contributed by atoms with van der Waals surface area (Å²) in [7, 11) is -4.00. The Labute approximate surface area is 129 Å². The van der Waals surface area contributed by atoms with Gasteiger partial charge >= 0.3 is 0 Å². The molecule has 0 aliphatic carbocycles. The first-order valence-electron chi connectivity index (χ1n) is 5.85. The lowest BCUT2D eigenvalue weighted by molar-refractivity contribution is -0.386. The van der Waals surface area contributed by atoms with Gasteiger partial charge in [0.15, 0.2) is 0 Å². The number of nitro benzene ring substituents is 1. The molecule has 0 aromatic heterocycles. The third-order valence-corrected chi connectivity index (χ3v) is 4.68. The molecule has 1 heterocycles. The van der Waals surface area contributed by atoms with Gasteiger partial charge < -0.3 is 4.74 Å². The van der Waals surface area contributed by atoms with E-state index in [-0.39, 0.29) is 22.3 Å². The minimum absolute atomic E-state index is 0.207. The molecule has 1 aliphatic rings. The maximum Gasteiger partial charge on any atom is 0.277 e. The second-order valence-corrected chi connectivity index (χ2v) is 7.22. The number of nitrogens with zero attached hydrogens (tertiary/aromatic N) is 1. The normalized spacial score (nSPS) is 18.2. The van der Waals surface area contributed by atoms with Crippen molar-refractivity contribution in [2.45, 2.75) is 17.7 Å². The van der Waals surface area contributed by atoms with Crippen LogP contribution >= 0.6 is 22.6 Å². The number of alkyl halides is 1. The molecule has 0 bridgehead atoms. The van der Waals surface area contributed by atoms with Crippen molar-refractivity contribution in [3.8, 4) is 5.75 Å². The topological polar surface area (TPSA) is 113 Å². The molecule has 0 spiro atoms. The minimum atomic E-state index is -4.00. The maximum atomic E-state index is 11.4. The van der Waals surface area contributed by atoms with Gasteiger partial charge in [-0.05, 0) is 23.2 Å². The second-order valence-electron chi connectivity index (χ2n) is 4.58. The second kappa shape index (κ2) is 5.82. The number of hydrogen-bond donors (Lipinski definition) is 1. The minimum Gasteiger partial charge on any atom is -0.493 e. The first-order valence-corrected chi connectivity index (χ1v) is 8.93. The number of nitro groups is 1. The summed E-state index contributed by atoms with van der Waals surface area (Å²) in [4.78, 5) is 10.2. The fraction of sp³-hybridized carbons (Fsp3) is 0.455. The molecular formula is C11H13IN2O5S. The molecule has 0 unspecified atom stereocenters. The Hall–Kier alpha value is -0.940. The number of nitrogens with two attached hydrogens (primary N) is 1. The molecule has 0 saturated carbocycles. The highest BCUT2D eigenvalue weighted by Gasteiger charge is 2.29. The highest BCUT2D eigenvalue weighted by molar-refractivity contribution is 14.1. The van der Waals surface area contributed by atoms with Gasteiger partial charge in [-0.1, -0.05) is 22.6 Å². The summed E-state index contributed by atoms with van der Waals surface area (Å²) in [5, 5.41) is 16.2. The van der Waals surface area contributed by atoms with Gasteiger partial charge in [0, 0.05) is 12.1 Å². The number of hydrogen-bond acceptors (Lipinski definition) is 5. The van der Waals surface area contributed by atoms with E-state index in [0.29, 0.717) is 18.6 Å². The molecule has 1 aromatic rings. The SMILES string of the molecule is NS(=O)(=O)c1cc2c(c([N+](=O)[O-])c1)C[C@@H](CCI)CO2. The van der Waals surface area contributed by atoms with Gasteiger partial charge in [0.25, 0.3) is 5.69 Å². The van der Waals surface area contributed by atoms with Gasteiger partial charge in [-0.3, -0.25) is 10.1 Å². The molecule has 20 heavy (non-hydrogen) atoms. The van der Waals surface area contributed by atoms with Gasteiger partial charge in [-0.25, -0.2) is 13.6 Å². The van der Waals surface area contributed by atoms with Gasteiger partial charge in [0.05, 0.1) is 22.0 Å². The Morgan fingerprint density at radius 1 is 1.50 bits per heavy atom. The van der Waals surface area contributed by atoms with Crippen LogP contribution in [0.3, 0.4) is 0 Å². The van der Waals surface area contributed by atoms with E-state index in [4.69, 9.17) is 9.88 Å². The summed E-state index contributed by atoms with van der Waals surface area (Å²) in [5.74, 6) is 0.450. The Morgan fingerprint density at radius 2 is 2.20 bits per heavy atom. The van der Waals surface area contributed by atoms with E-state index in [9.17, 15) is 18.5 Å². The van der Waals surface area contributed by atoms with Crippen molar-refractivity contribution < 1.29 is 18.1 Å². The zero-order valence-corrected chi connectivity index (χ0v) is 13.4. The molecule has 9 heteroatoms. The number of fused-ring (bicyclic) bond motifs is 1. The average Bonchev–Trinajstić information content (AvgIpc) is 2.36. The molecule has 0 amide bonds. The number of primary sulfonamides is 1. The zero-order valence-electron chi connectivity index (χ0n) is 10.4. The summed E-state index contributed by atoms with van der Waals surface area (Å²) in [6.07, 6.45) is 1.41. The average molecular weight is 412 g/mol. The number of rotatable bonds is 4. The van der Waals surface area contributed by atoms with Gasteiger partial charge in [-0.2, -0.15) is 0 Å². The van der Waals surface area contributed by atoms with E-state index in [0.717, 1.165) is 16.9 Å². The van der Waals surface area contributed by atoms with Gasteiger partial charge in [0.2, 0.25) is 10.0 Å². The molecule has 0 fully saturated rings. The molecule has 110 valence electrons. The van der Waals surface area contributed by atoms with E-state index in [2.05, 4.69) is 22.6 Å². The van der Waals surface area contributed by atoms with E-state index >= 15 is 0 Å². The molecule has 2 N–H and O–H groups in total. The van der Waals surface area contributed by atoms with Crippen LogP contribution in [0.2, 0.25) is 0 Å². The van der Waals surface area contributed by atoms with Crippen LogP contribution in [0.4, 0.5) is 5.69 Å². The predicted octanol–water partition coefficient (Wildman–Crippen LogP) is 1.62. The van der Waals surface area contributed by atoms with Crippen LogP contribution in [-0.4, -0.2) is 24.4 Å². The smallest absolute Gasteiger partial charge is 0.277 e. The van der Waals surface area contributed by atoms with Gasteiger partial charge in [0.1, 0.15) is 5.75 Å². The lowest BCUT2D eigenvalue weighted by Crippen LogP contribution is -2.23. The molecule has 1 aliphatic heterocycles. The molecule has 0 saturated heterocycles. The van der Waals surface area contributed by atoms with Crippen LogP contribution in [0, 0.1) is 16.0 Å². The highest BCUT2D eigenvalue weighted by atomic mass is 127. The van der Waals surface area contributed by atoms with Gasteiger partial charge in [-0.15, -0.1) is 0 Å². The number of ether oxygens (including phenoxy) is 1. The van der Waals surface area contributed by atoms with E-state index < -0.39 is 14.9 Å². The van der Waals surface area contributed by atoms with E-state index in [1.807, 2.05) is 0 Å². The van der Waals surface area contributed by atoms with Crippen molar-refractivity contribution in [3.05, 3.63) is 27.8 Å². The Bertz CT molecular complexity index is 646. The summed E-state index contributed by atoms with van der Waals surface area (Å²) < 4.78 is 29.1. The van der Waals surface area contributed by atoms with Crippen LogP contribution in [0.25, 0.3) is 0 Å². The highest BCUT2D eigenvalue weighted by Crippen LogP contribution is 2.37. The summed E-state index contributed by atoms with van der Waals surface area (Å²) in [5.41, 5.74) is 0.202. The van der Waals surface area contributed by atoms with Crippen LogP contribution in [0.15, 0.2) is 17.0 Å². The first kappa shape index (κ1) is 15.4. The predicted molar refractivity (Wildman–Crippen MR) is 80.7 cm³/mol. The number of benzene rings is 1. The van der Waals surface area contributed by atoms with Crippen molar-refractivity contribution >= 4 is 38.3 Å². The van der Waals surface area contributed by atoms with E-state index in [1.165, 1.54) is 6.07 Å². The van der Waals surface area contributed by atoms with Crippen molar-refractivity contribution in [3.63, 3.8) is 0 Å². The Kier molecular flexibility index (Phi) is 4.49. The van der Waals surface area contributed by atoms with Crippen molar-refractivity contribution in [2.75, 3.05) is 11.0 Å². The van der Waals surface area contributed by atoms with Crippen LogP contribution < -0.4 is 9.88 Å². The fourth-order valence-corrected chi connectivity index (χ4v) is 3.59. The number of sulfonamides is 1. The monoisotopic (exact) mass is 412 g/mol.